The van der Waals surface area contributed by atoms with Crippen LogP contribution in [0.3, 0.4) is 0 Å². The minimum absolute atomic E-state index is 0.344. The molecule has 3 atom stereocenters. The van der Waals surface area contributed by atoms with Gasteiger partial charge in [-0.05, 0) is 55.8 Å². The Labute approximate surface area is 125 Å². The standard InChI is InChI=1S/C18H34O2/c1-17(2,3)11-15-8-9-16(20-15)13-18(4,5)12-14-7-6-10-19-14/h14-16H,6-13H2,1-5H3/t14-,15+,16?/m0/s1. The van der Waals surface area contributed by atoms with Crippen LogP contribution in [0.4, 0.5) is 0 Å². The van der Waals surface area contributed by atoms with Crippen molar-refractivity contribution in [1.29, 1.82) is 0 Å². The highest BCUT2D eigenvalue weighted by atomic mass is 16.5. The molecule has 0 aromatic carbocycles. The SMILES string of the molecule is CC(C)(C)C[C@H]1CCC(CC(C)(C)C[C@@H]2CCCO2)O1. The summed E-state index contributed by atoms with van der Waals surface area (Å²) >= 11 is 0. The van der Waals surface area contributed by atoms with E-state index in [-0.39, 0.29) is 0 Å². The molecule has 2 heteroatoms. The van der Waals surface area contributed by atoms with Gasteiger partial charge in [0.15, 0.2) is 0 Å². The molecular formula is C18H34O2. The lowest BCUT2D eigenvalue weighted by molar-refractivity contribution is -0.00846. The molecule has 0 radical (unpaired) electrons. The molecule has 0 aromatic heterocycles. The Balaban J connectivity index is 1.75. The van der Waals surface area contributed by atoms with Gasteiger partial charge in [-0.1, -0.05) is 34.6 Å². The van der Waals surface area contributed by atoms with E-state index in [1.165, 1.54) is 44.9 Å². The lowest BCUT2D eigenvalue weighted by atomic mass is 9.80. The summed E-state index contributed by atoms with van der Waals surface area (Å²) < 4.78 is 12.1. The van der Waals surface area contributed by atoms with Crippen LogP contribution in [0.1, 0.15) is 79.6 Å². The van der Waals surface area contributed by atoms with Crippen molar-refractivity contribution in [3.05, 3.63) is 0 Å². The van der Waals surface area contributed by atoms with E-state index >= 15 is 0 Å². The van der Waals surface area contributed by atoms with Crippen LogP contribution >= 0.6 is 0 Å². The third-order valence-electron chi connectivity index (χ3n) is 4.62. The lowest BCUT2D eigenvalue weighted by Crippen LogP contribution is -2.26. The minimum atomic E-state index is 0.344. The molecule has 0 aromatic rings. The molecule has 20 heavy (non-hydrogen) atoms. The highest BCUT2D eigenvalue weighted by Gasteiger charge is 2.34. The van der Waals surface area contributed by atoms with Gasteiger partial charge in [0.05, 0.1) is 18.3 Å². The molecule has 2 saturated heterocycles. The van der Waals surface area contributed by atoms with E-state index < -0.39 is 0 Å². The predicted octanol–water partition coefficient (Wildman–Crippen LogP) is 4.96. The second-order valence-corrected chi connectivity index (χ2v) is 8.93. The first kappa shape index (κ1) is 16.3. The second kappa shape index (κ2) is 6.36. The molecule has 0 aliphatic carbocycles. The van der Waals surface area contributed by atoms with Crippen molar-refractivity contribution < 1.29 is 9.47 Å². The number of hydrogen-bond acceptors (Lipinski definition) is 2. The van der Waals surface area contributed by atoms with Gasteiger partial charge in [-0.25, -0.2) is 0 Å². The van der Waals surface area contributed by atoms with Crippen LogP contribution in [-0.4, -0.2) is 24.9 Å². The Morgan fingerprint density at radius 3 is 1.95 bits per heavy atom. The maximum Gasteiger partial charge on any atom is 0.0585 e. The van der Waals surface area contributed by atoms with Gasteiger partial charge in [-0.15, -0.1) is 0 Å². The monoisotopic (exact) mass is 282 g/mol. The largest absolute Gasteiger partial charge is 0.378 e. The van der Waals surface area contributed by atoms with Gasteiger partial charge in [-0.3, -0.25) is 0 Å². The van der Waals surface area contributed by atoms with E-state index in [4.69, 9.17) is 9.47 Å². The highest BCUT2D eigenvalue weighted by molar-refractivity contribution is 4.84. The first-order valence-electron chi connectivity index (χ1n) is 8.51. The molecule has 0 saturated carbocycles. The Kier molecular flexibility index (Phi) is 5.18. The zero-order valence-electron chi connectivity index (χ0n) is 14.2. The van der Waals surface area contributed by atoms with Crippen LogP contribution in [0.5, 0.6) is 0 Å². The topological polar surface area (TPSA) is 18.5 Å². The Morgan fingerprint density at radius 1 is 0.800 bits per heavy atom. The van der Waals surface area contributed by atoms with Crippen molar-refractivity contribution in [3.63, 3.8) is 0 Å². The first-order valence-corrected chi connectivity index (χ1v) is 8.51. The quantitative estimate of drug-likeness (QED) is 0.710. The van der Waals surface area contributed by atoms with Crippen molar-refractivity contribution >= 4 is 0 Å². The Bertz CT molecular complexity index is 297. The molecular weight excluding hydrogens is 248 g/mol. The summed E-state index contributed by atoms with van der Waals surface area (Å²) in [6.45, 7) is 12.7. The van der Waals surface area contributed by atoms with Gasteiger partial charge < -0.3 is 9.47 Å². The van der Waals surface area contributed by atoms with E-state index in [9.17, 15) is 0 Å². The summed E-state index contributed by atoms with van der Waals surface area (Å²) in [7, 11) is 0. The fourth-order valence-electron chi connectivity index (χ4n) is 3.88. The van der Waals surface area contributed by atoms with Gasteiger partial charge in [0.25, 0.3) is 0 Å². The van der Waals surface area contributed by atoms with Gasteiger partial charge in [-0.2, -0.15) is 0 Å². The third-order valence-corrected chi connectivity index (χ3v) is 4.62. The summed E-state index contributed by atoms with van der Waals surface area (Å²) in [6, 6.07) is 0. The number of rotatable bonds is 5. The fourth-order valence-corrected chi connectivity index (χ4v) is 3.88. The average molecular weight is 282 g/mol. The summed E-state index contributed by atoms with van der Waals surface area (Å²) in [6.07, 6.45) is 10.0. The first-order chi connectivity index (χ1) is 9.23. The summed E-state index contributed by atoms with van der Waals surface area (Å²) in [5.74, 6) is 0. The molecule has 2 aliphatic rings. The smallest absolute Gasteiger partial charge is 0.0585 e. The van der Waals surface area contributed by atoms with Gasteiger partial charge >= 0.3 is 0 Å². The van der Waals surface area contributed by atoms with Crippen LogP contribution in [0.2, 0.25) is 0 Å². The summed E-state index contributed by atoms with van der Waals surface area (Å²) in [5.41, 5.74) is 0.725. The molecule has 0 spiro atoms. The van der Waals surface area contributed by atoms with Crippen molar-refractivity contribution in [2.24, 2.45) is 10.8 Å². The van der Waals surface area contributed by atoms with E-state index in [1.807, 2.05) is 0 Å². The van der Waals surface area contributed by atoms with Crippen molar-refractivity contribution in [1.82, 2.24) is 0 Å². The average Bonchev–Trinajstić information content (AvgIpc) is 2.87. The van der Waals surface area contributed by atoms with Gasteiger partial charge in [0.1, 0.15) is 0 Å². The molecule has 1 unspecified atom stereocenters. The lowest BCUT2D eigenvalue weighted by Gasteiger charge is -2.30. The normalized spacial score (nSPS) is 31.9. The predicted molar refractivity (Wildman–Crippen MR) is 84.0 cm³/mol. The van der Waals surface area contributed by atoms with Crippen LogP contribution < -0.4 is 0 Å². The minimum Gasteiger partial charge on any atom is -0.378 e. The fraction of sp³-hybridized carbons (Fsp3) is 1.00. The molecule has 0 amide bonds. The van der Waals surface area contributed by atoms with Crippen LogP contribution in [0.15, 0.2) is 0 Å². The number of ether oxygens (including phenoxy) is 2. The molecule has 0 N–H and O–H groups in total. The summed E-state index contributed by atoms with van der Waals surface area (Å²) in [4.78, 5) is 0. The van der Waals surface area contributed by atoms with E-state index in [0.717, 1.165) is 6.61 Å². The molecule has 2 rings (SSSR count). The van der Waals surface area contributed by atoms with E-state index in [2.05, 4.69) is 34.6 Å². The molecule has 0 bridgehead atoms. The van der Waals surface area contributed by atoms with Crippen molar-refractivity contribution in [2.45, 2.75) is 97.9 Å². The number of hydrogen-bond donors (Lipinski definition) is 0. The molecule has 2 heterocycles. The Hall–Kier alpha value is -0.0800. The summed E-state index contributed by atoms with van der Waals surface area (Å²) in [5, 5.41) is 0. The second-order valence-electron chi connectivity index (χ2n) is 8.93. The van der Waals surface area contributed by atoms with Crippen molar-refractivity contribution in [3.8, 4) is 0 Å². The molecule has 2 fully saturated rings. The van der Waals surface area contributed by atoms with E-state index in [0.29, 0.717) is 29.1 Å². The maximum absolute atomic E-state index is 6.30. The third kappa shape index (κ3) is 5.37. The molecule has 2 nitrogen and oxygen atoms in total. The maximum atomic E-state index is 6.30. The molecule has 2 aliphatic heterocycles. The zero-order valence-corrected chi connectivity index (χ0v) is 14.2. The van der Waals surface area contributed by atoms with E-state index in [1.54, 1.807) is 0 Å². The van der Waals surface area contributed by atoms with Gasteiger partial charge in [0, 0.05) is 6.61 Å². The Morgan fingerprint density at radius 2 is 1.40 bits per heavy atom. The van der Waals surface area contributed by atoms with Crippen molar-refractivity contribution in [2.75, 3.05) is 6.61 Å². The van der Waals surface area contributed by atoms with Crippen LogP contribution in [-0.2, 0) is 9.47 Å². The van der Waals surface area contributed by atoms with Gasteiger partial charge in [0.2, 0.25) is 0 Å². The van der Waals surface area contributed by atoms with Crippen LogP contribution in [0.25, 0.3) is 0 Å². The van der Waals surface area contributed by atoms with Crippen LogP contribution in [0, 0.1) is 10.8 Å². The highest BCUT2D eigenvalue weighted by Crippen LogP contribution is 2.38. The zero-order chi connectivity index (χ0) is 14.8. The molecule has 118 valence electrons.